The van der Waals surface area contributed by atoms with Crippen LogP contribution in [-0.4, -0.2) is 48.5 Å². The molecule has 0 fully saturated rings. The molecule has 9 heteroatoms. The van der Waals surface area contributed by atoms with Crippen LogP contribution in [0, 0.1) is 18.6 Å². The monoisotopic (exact) mass is 487 g/mol. The van der Waals surface area contributed by atoms with E-state index in [1.807, 2.05) is 19.1 Å². The number of hydrogen-bond donors (Lipinski definition) is 1. The van der Waals surface area contributed by atoms with Crippen molar-refractivity contribution in [3.63, 3.8) is 0 Å². The fraction of sp³-hybridized carbons (Fsp3) is 0.280. The standard InChI is InChI=1S/C25H27F2N3O3S/c1-18-6-11-23(34-18)16-30(15-19-7-9-20(26)10-8-19)24(31)17-29(12-13-33-2)25(32)28-22-5-3-4-21(27)14-22/h3-11,14H,12-13,15-17H2,1-2H3,(H,28,32). The van der Waals surface area contributed by atoms with Gasteiger partial charge in [0.1, 0.15) is 18.2 Å². The predicted molar refractivity (Wildman–Crippen MR) is 129 cm³/mol. The van der Waals surface area contributed by atoms with Gasteiger partial charge >= 0.3 is 6.03 Å². The molecule has 3 rings (SSSR count). The normalized spacial score (nSPS) is 10.7. The predicted octanol–water partition coefficient (Wildman–Crippen LogP) is 5.04. The van der Waals surface area contributed by atoms with E-state index in [0.717, 1.165) is 15.3 Å². The highest BCUT2D eigenvalue weighted by Crippen LogP contribution is 2.19. The third kappa shape index (κ3) is 7.64. The maximum Gasteiger partial charge on any atom is 0.322 e. The summed E-state index contributed by atoms with van der Waals surface area (Å²) in [5.74, 6) is -1.11. The summed E-state index contributed by atoms with van der Waals surface area (Å²) in [5.41, 5.74) is 1.06. The van der Waals surface area contributed by atoms with E-state index in [4.69, 9.17) is 4.74 Å². The lowest BCUT2D eigenvalue weighted by atomic mass is 10.2. The number of nitrogens with one attached hydrogen (secondary N) is 1. The third-order valence-electron chi connectivity index (χ3n) is 5.04. The van der Waals surface area contributed by atoms with Gasteiger partial charge in [-0.1, -0.05) is 18.2 Å². The second kappa shape index (κ2) is 12.2. The first-order valence-corrected chi connectivity index (χ1v) is 11.5. The fourth-order valence-electron chi connectivity index (χ4n) is 3.29. The molecular formula is C25H27F2N3O3S. The summed E-state index contributed by atoms with van der Waals surface area (Å²) in [6.45, 7) is 2.81. The number of carbonyl (C=O) groups excluding carboxylic acids is 2. The molecule has 34 heavy (non-hydrogen) atoms. The summed E-state index contributed by atoms with van der Waals surface area (Å²) in [6, 6.07) is 14.9. The van der Waals surface area contributed by atoms with Crippen molar-refractivity contribution in [3.8, 4) is 0 Å². The van der Waals surface area contributed by atoms with E-state index in [1.165, 1.54) is 42.3 Å². The van der Waals surface area contributed by atoms with E-state index in [1.54, 1.807) is 34.4 Å². The van der Waals surface area contributed by atoms with Crippen LogP contribution in [0.2, 0.25) is 0 Å². The Morgan fingerprint density at radius 2 is 1.74 bits per heavy atom. The highest BCUT2D eigenvalue weighted by Gasteiger charge is 2.22. The second-order valence-corrected chi connectivity index (χ2v) is 9.12. The summed E-state index contributed by atoms with van der Waals surface area (Å²) in [6.07, 6.45) is 0. The number of nitrogens with zero attached hydrogens (tertiary/aromatic N) is 2. The number of halogens is 2. The fourth-order valence-corrected chi connectivity index (χ4v) is 4.19. The lowest BCUT2D eigenvalue weighted by Gasteiger charge is -2.27. The van der Waals surface area contributed by atoms with Gasteiger partial charge in [0.05, 0.1) is 13.2 Å². The Hall–Kier alpha value is -3.30. The Labute approximate surface area is 201 Å². The minimum atomic E-state index is -0.537. The molecule has 0 radical (unpaired) electrons. The maximum atomic E-state index is 13.5. The summed E-state index contributed by atoms with van der Waals surface area (Å²) >= 11 is 1.59. The summed E-state index contributed by atoms with van der Waals surface area (Å²) in [4.78, 5) is 31.3. The van der Waals surface area contributed by atoms with Gasteiger partial charge < -0.3 is 19.9 Å². The Bertz CT molecular complexity index is 1100. The van der Waals surface area contributed by atoms with Gasteiger partial charge in [-0.3, -0.25) is 4.79 Å². The van der Waals surface area contributed by atoms with Crippen LogP contribution >= 0.6 is 11.3 Å². The SMILES string of the molecule is COCCN(CC(=O)N(Cc1ccc(F)cc1)Cc1ccc(C)s1)C(=O)Nc1cccc(F)c1. The summed E-state index contributed by atoms with van der Waals surface area (Å²) in [7, 11) is 1.50. The van der Waals surface area contributed by atoms with E-state index >= 15 is 0 Å². The Morgan fingerprint density at radius 1 is 0.971 bits per heavy atom. The number of urea groups is 1. The zero-order chi connectivity index (χ0) is 24.5. The van der Waals surface area contributed by atoms with Gasteiger partial charge in [-0.2, -0.15) is 0 Å². The maximum absolute atomic E-state index is 13.5. The molecule has 0 bridgehead atoms. The Balaban J connectivity index is 1.76. The number of amides is 3. The molecule has 2 aromatic carbocycles. The molecule has 3 aromatic rings. The van der Waals surface area contributed by atoms with Crippen molar-refractivity contribution in [1.82, 2.24) is 9.80 Å². The molecule has 6 nitrogen and oxygen atoms in total. The number of methoxy groups -OCH3 is 1. The number of ether oxygens (including phenoxy) is 1. The molecule has 1 aromatic heterocycles. The molecule has 0 unspecified atom stereocenters. The van der Waals surface area contributed by atoms with Gasteiger partial charge in [0.2, 0.25) is 5.91 Å². The van der Waals surface area contributed by atoms with Crippen LogP contribution in [0.3, 0.4) is 0 Å². The van der Waals surface area contributed by atoms with Crippen molar-refractivity contribution in [2.75, 3.05) is 32.1 Å². The number of hydrogen-bond acceptors (Lipinski definition) is 4. The zero-order valence-electron chi connectivity index (χ0n) is 19.1. The molecular weight excluding hydrogens is 460 g/mol. The first-order valence-electron chi connectivity index (χ1n) is 10.7. The molecule has 0 aliphatic rings. The first-order chi connectivity index (χ1) is 16.3. The molecule has 0 aliphatic carbocycles. The number of thiophene rings is 1. The molecule has 0 spiro atoms. The van der Waals surface area contributed by atoms with Crippen LogP contribution in [0.15, 0.2) is 60.7 Å². The average Bonchev–Trinajstić information content (AvgIpc) is 3.22. The van der Waals surface area contributed by atoms with Gasteiger partial charge in [0.25, 0.3) is 0 Å². The van der Waals surface area contributed by atoms with E-state index in [0.29, 0.717) is 6.54 Å². The summed E-state index contributed by atoms with van der Waals surface area (Å²) < 4.78 is 32.0. The number of anilines is 1. The van der Waals surface area contributed by atoms with E-state index < -0.39 is 11.8 Å². The lowest BCUT2D eigenvalue weighted by Crippen LogP contribution is -2.45. The van der Waals surface area contributed by atoms with Crippen molar-refractivity contribution in [2.24, 2.45) is 0 Å². The quantitative estimate of drug-likeness (QED) is 0.436. The van der Waals surface area contributed by atoms with E-state index in [2.05, 4.69) is 5.32 Å². The number of benzene rings is 2. The van der Waals surface area contributed by atoms with Crippen LogP contribution in [0.5, 0.6) is 0 Å². The van der Waals surface area contributed by atoms with E-state index in [9.17, 15) is 18.4 Å². The van der Waals surface area contributed by atoms with E-state index in [-0.39, 0.29) is 43.7 Å². The van der Waals surface area contributed by atoms with Crippen molar-refractivity contribution in [2.45, 2.75) is 20.0 Å². The van der Waals surface area contributed by atoms with Crippen LogP contribution < -0.4 is 5.32 Å². The zero-order valence-corrected chi connectivity index (χ0v) is 19.9. The minimum absolute atomic E-state index is 0.173. The molecule has 1 heterocycles. The lowest BCUT2D eigenvalue weighted by molar-refractivity contribution is -0.133. The van der Waals surface area contributed by atoms with Gasteiger partial charge in [0.15, 0.2) is 0 Å². The molecule has 0 atom stereocenters. The summed E-state index contributed by atoms with van der Waals surface area (Å²) in [5, 5.41) is 2.63. The molecule has 3 amide bonds. The highest BCUT2D eigenvalue weighted by atomic mass is 32.1. The van der Waals surface area contributed by atoms with Gasteiger partial charge in [-0.15, -0.1) is 11.3 Å². The van der Waals surface area contributed by atoms with Crippen molar-refractivity contribution in [1.29, 1.82) is 0 Å². The van der Waals surface area contributed by atoms with Crippen molar-refractivity contribution >= 4 is 29.0 Å². The smallest absolute Gasteiger partial charge is 0.322 e. The minimum Gasteiger partial charge on any atom is -0.383 e. The average molecular weight is 488 g/mol. The molecule has 0 saturated carbocycles. The second-order valence-electron chi connectivity index (χ2n) is 7.74. The molecule has 180 valence electrons. The molecule has 0 saturated heterocycles. The van der Waals surface area contributed by atoms with Crippen molar-refractivity contribution in [3.05, 3.63) is 87.6 Å². The van der Waals surface area contributed by atoms with Crippen LogP contribution in [0.25, 0.3) is 0 Å². The number of aryl methyl sites for hydroxylation is 1. The topological polar surface area (TPSA) is 61.9 Å². The third-order valence-corrected chi connectivity index (χ3v) is 6.02. The largest absolute Gasteiger partial charge is 0.383 e. The Kier molecular flexibility index (Phi) is 9.12. The van der Waals surface area contributed by atoms with Gasteiger partial charge in [-0.25, -0.2) is 13.6 Å². The highest BCUT2D eigenvalue weighted by molar-refractivity contribution is 7.11. The van der Waals surface area contributed by atoms with Gasteiger partial charge in [-0.05, 0) is 55.0 Å². The number of carbonyl (C=O) groups is 2. The number of rotatable bonds is 10. The van der Waals surface area contributed by atoms with Gasteiger partial charge in [0, 0.05) is 35.6 Å². The van der Waals surface area contributed by atoms with Crippen LogP contribution in [0.1, 0.15) is 15.3 Å². The Morgan fingerprint density at radius 3 is 2.38 bits per heavy atom. The van der Waals surface area contributed by atoms with Crippen LogP contribution in [-0.2, 0) is 22.6 Å². The first kappa shape index (κ1) is 25.3. The van der Waals surface area contributed by atoms with Crippen LogP contribution in [0.4, 0.5) is 19.3 Å². The van der Waals surface area contributed by atoms with Crippen molar-refractivity contribution < 1.29 is 23.1 Å². The molecule has 1 N–H and O–H groups in total. The molecule has 0 aliphatic heterocycles.